The maximum absolute atomic E-state index is 13.0. The number of carbonyl (C=O) groups is 1. The SMILES string of the molecule is O=C(N[C@@H]1CCC[C@H]2OCC[C@@H]12)N(Cc1ccc(O)cc1)CC1CC1. The van der Waals surface area contributed by atoms with Crippen LogP contribution in [0, 0.1) is 11.8 Å². The highest BCUT2D eigenvalue weighted by Gasteiger charge is 2.39. The van der Waals surface area contributed by atoms with Gasteiger partial charge in [-0.25, -0.2) is 4.79 Å². The molecule has 1 saturated heterocycles. The Morgan fingerprint density at radius 2 is 1.96 bits per heavy atom. The first kappa shape index (κ1) is 16.7. The Labute approximate surface area is 149 Å². The number of carbonyl (C=O) groups excluding carboxylic acids is 1. The summed E-state index contributed by atoms with van der Waals surface area (Å²) in [6.07, 6.45) is 7.18. The summed E-state index contributed by atoms with van der Waals surface area (Å²) in [5, 5.41) is 12.8. The molecular formula is C20H28N2O3. The average Bonchev–Trinajstić information content (AvgIpc) is 3.29. The molecule has 4 rings (SSSR count). The predicted octanol–water partition coefficient (Wildman–Crippen LogP) is 3.27. The molecule has 3 aliphatic rings. The fourth-order valence-electron chi connectivity index (χ4n) is 4.26. The lowest BCUT2D eigenvalue weighted by Crippen LogP contribution is -2.50. The standard InChI is InChI=1S/C20H28N2O3/c23-16-8-6-15(7-9-16)13-22(12-14-4-5-14)20(24)21-18-2-1-3-19-17(18)10-11-25-19/h6-9,14,17-19,23H,1-5,10-13H2,(H,21,24)/t17-,18+,19+/m0/s1. The molecule has 2 aliphatic carbocycles. The number of benzene rings is 1. The van der Waals surface area contributed by atoms with Crippen molar-refractivity contribution in [2.75, 3.05) is 13.2 Å². The Kier molecular flexibility index (Phi) is 4.84. The second kappa shape index (κ2) is 7.24. The van der Waals surface area contributed by atoms with Crippen molar-refractivity contribution in [3.05, 3.63) is 29.8 Å². The zero-order valence-corrected chi connectivity index (χ0v) is 14.7. The molecule has 5 nitrogen and oxygen atoms in total. The molecule has 1 aliphatic heterocycles. The van der Waals surface area contributed by atoms with Crippen LogP contribution in [-0.2, 0) is 11.3 Å². The summed E-state index contributed by atoms with van der Waals surface area (Å²) in [5.41, 5.74) is 1.05. The van der Waals surface area contributed by atoms with E-state index in [1.54, 1.807) is 12.1 Å². The van der Waals surface area contributed by atoms with Gasteiger partial charge in [0.1, 0.15) is 5.75 Å². The van der Waals surface area contributed by atoms with Crippen molar-refractivity contribution in [3.8, 4) is 5.75 Å². The van der Waals surface area contributed by atoms with Crippen LogP contribution in [0.2, 0.25) is 0 Å². The van der Waals surface area contributed by atoms with Gasteiger partial charge in [-0.15, -0.1) is 0 Å². The number of fused-ring (bicyclic) bond motifs is 1. The highest BCUT2D eigenvalue weighted by atomic mass is 16.5. The van der Waals surface area contributed by atoms with Crippen molar-refractivity contribution in [2.45, 2.75) is 57.2 Å². The molecule has 0 radical (unpaired) electrons. The first-order valence-corrected chi connectivity index (χ1v) is 9.64. The number of phenols is 1. The van der Waals surface area contributed by atoms with Crippen molar-refractivity contribution in [1.29, 1.82) is 0 Å². The summed E-state index contributed by atoms with van der Waals surface area (Å²) in [7, 11) is 0. The fourth-order valence-corrected chi connectivity index (χ4v) is 4.26. The van der Waals surface area contributed by atoms with Crippen molar-refractivity contribution in [3.63, 3.8) is 0 Å². The van der Waals surface area contributed by atoms with E-state index in [9.17, 15) is 9.90 Å². The van der Waals surface area contributed by atoms with Crippen molar-refractivity contribution < 1.29 is 14.6 Å². The number of hydrogen-bond acceptors (Lipinski definition) is 3. The molecule has 0 aromatic heterocycles. The number of nitrogens with zero attached hydrogens (tertiary/aromatic N) is 1. The number of urea groups is 1. The Bertz CT molecular complexity index is 599. The number of aromatic hydroxyl groups is 1. The summed E-state index contributed by atoms with van der Waals surface area (Å²) in [6, 6.07) is 7.45. The smallest absolute Gasteiger partial charge is 0.317 e. The largest absolute Gasteiger partial charge is 0.508 e. The zero-order valence-electron chi connectivity index (χ0n) is 14.7. The highest BCUT2D eigenvalue weighted by Crippen LogP contribution is 2.35. The zero-order chi connectivity index (χ0) is 17.2. The van der Waals surface area contributed by atoms with Gasteiger partial charge < -0.3 is 20.1 Å². The lowest BCUT2D eigenvalue weighted by molar-refractivity contribution is 0.0536. The van der Waals surface area contributed by atoms with Crippen molar-refractivity contribution in [1.82, 2.24) is 10.2 Å². The summed E-state index contributed by atoms with van der Waals surface area (Å²) in [6.45, 7) is 2.25. The Morgan fingerprint density at radius 1 is 1.16 bits per heavy atom. The van der Waals surface area contributed by atoms with Crippen LogP contribution in [0.25, 0.3) is 0 Å². The summed E-state index contributed by atoms with van der Waals surface area (Å²) >= 11 is 0. The molecule has 1 aromatic carbocycles. The van der Waals surface area contributed by atoms with Gasteiger partial charge >= 0.3 is 6.03 Å². The second-order valence-electron chi connectivity index (χ2n) is 7.84. The molecule has 136 valence electrons. The number of rotatable bonds is 5. The van der Waals surface area contributed by atoms with Crippen LogP contribution in [0.15, 0.2) is 24.3 Å². The Balaban J connectivity index is 1.41. The van der Waals surface area contributed by atoms with E-state index in [4.69, 9.17) is 4.74 Å². The van der Waals surface area contributed by atoms with Gasteiger partial charge in [0.2, 0.25) is 0 Å². The van der Waals surface area contributed by atoms with Crippen molar-refractivity contribution >= 4 is 6.03 Å². The summed E-state index contributed by atoms with van der Waals surface area (Å²) < 4.78 is 5.82. The highest BCUT2D eigenvalue weighted by molar-refractivity contribution is 5.74. The van der Waals surface area contributed by atoms with Gasteiger partial charge in [-0.05, 0) is 62.1 Å². The number of amides is 2. The van der Waals surface area contributed by atoms with Gasteiger partial charge in [0.15, 0.2) is 0 Å². The molecule has 1 aromatic rings. The number of hydrogen-bond donors (Lipinski definition) is 2. The van der Waals surface area contributed by atoms with Gasteiger partial charge in [-0.1, -0.05) is 12.1 Å². The van der Waals surface area contributed by atoms with Crippen LogP contribution < -0.4 is 5.32 Å². The van der Waals surface area contributed by atoms with E-state index in [0.29, 0.717) is 24.5 Å². The minimum absolute atomic E-state index is 0.0533. The first-order chi connectivity index (χ1) is 12.2. The molecule has 2 amide bonds. The molecule has 5 heteroatoms. The van der Waals surface area contributed by atoms with E-state index in [1.165, 1.54) is 12.8 Å². The van der Waals surface area contributed by atoms with Gasteiger partial charge in [0, 0.05) is 31.7 Å². The molecule has 0 unspecified atom stereocenters. The van der Waals surface area contributed by atoms with Gasteiger partial charge in [-0.2, -0.15) is 0 Å². The number of phenolic OH excluding ortho intramolecular Hbond substituents is 1. The molecule has 0 spiro atoms. The molecule has 2 saturated carbocycles. The van der Waals surface area contributed by atoms with E-state index in [1.807, 2.05) is 17.0 Å². The third-order valence-corrected chi connectivity index (χ3v) is 5.86. The molecule has 1 heterocycles. The van der Waals surface area contributed by atoms with E-state index in [0.717, 1.165) is 44.4 Å². The minimum atomic E-state index is 0.0533. The van der Waals surface area contributed by atoms with E-state index in [-0.39, 0.29) is 17.8 Å². The van der Waals surface area contributed by atoms with Crippen LogP contribution in [0.3, 0.4) is 0 Å². The lowest BCUT2D eigenvalue weighted by Gasteiger charge is -2.35. The Hall–Kier alpha value is -1.75. The summed E-state index contributed by atoms with van der Waals surface area (Å²) in [4.78, 5) is 14.9. The molecule has 25 heavy (non-hydrogen) atoms. The molecule has 0 bridgehead atoms. The maximum Gasteiger partial charge on any atom is 0.317 e. The van der Waals surface area contributed by atoms with Crippen molar-refractivity contribution in [2.24, 2.45) is 11.8 Å². The topological polar surface area (TPSA) is 61.8 Å². The molecule has 2 N–H and O–H groups in total. The Morgan fingerprint density at radius 3 is 2.72 bits per heavy atom. The van der Waals surface area contributed by atoms with E-state index < -0.39 is 0 Å². The average molecular weight is 344 g/mol. The van der Waals surface area contributed by atoms with Crippen LogP contribution in [0.5, 0.6) is 5.75 Å². The maximum atomic E-state index is 13.0. The van der Waals surface area contributed by atoms with Crippen LogP contribution in [-0.4, -0.2) is 41.3 Å². The third-order valence-electron chi connectivity index (χ3n) is 5.86. The fraction of sp³-hybridized carbons (Fsp3) is 0.650. The normalized spacial score (nSPS) is 28.4. The minimum Gasteiger partial charge on any atom is -0.508 e. The molecule has 3 atom stereocenters. The van der Waals surface area contributed by atoms with Gasteiger partial charge in [0.25, 0.3) is 0 Å². The number of ether oxygens (including phenoxy) is 1. The van der Waals surface area contributed by atoms with Crippen LogP contribution in [0.4, 0.5) is 4.79 Å². The quantitative estimate of drug-likeness (QED) is 0.862. The third kappa shape index (κ3) is 4.09. The van der Waals surface area contributed by atoms with Crippen LogP contribution in [0.1, 0.15) is 44.1 Å². The van der Waals surface area contributed by atoms with E-state index in [2.05, 4.69) is 5.32 Å². The predicted molar refractivity (Wildman–Crippen MR) is 95.3 cm³/mol. The molecular weight excluding hydrogens is 316 g/mol. The van der Waals surface area contributed by atoms with Gasteiger partial charge in [0.05, 0.1) is 6.10 Å². The van der Waals surface area contributed by atoms with Gasteiger partial charge in [-0.3, -0.25) is 0 Å². The molecule has 3 fully saturated rings. The first-order valence-electron chi connectivity index (χ1n) is 9.64. The van der Waals surface area contributed by atoms with Crippen LogP contribution >= 0.6 is 0 Å². The lowest BCUT2D eigenvalue weighted by atomic mass is 9.82. The second-order valence-corrected chi connectivity index (χ2v) is 7.84. The number of nitrogens with one attached hydrogen (secondary N) is 1. The summed E-state index contributed by atoms with van der Waals surface area (Å²) in [5.74, 6) is 1.39. The monoisotopic (exact) mass is 344 g/mol. The van der Waals surface area contributed by atoms with E-state index >= 15 is 0 Å².